The van der Waals surface area contributed by atoms with E-state index in [0.29, 0.717) is 31.8 Å². The lowest BCUT2D eigenvalue weighted by molar-refractivity contribution is 0.0941. The Morgan fingerprint density at radius 2 is 1.91 bits per heavy atom. The van der Waals surface area contributed by atoms with E-state index in [1.54, 1.807) is 11.0 Å². The van der Waals surface area contributed by atoms with Crippen molar-refractivity contribution in [2.24, 2.45) is 0 Å². The van der Waals surface area contributed by atoms with Crippen LogP contribution in [-0.4, -0.2) is 54.7 Å². The summed E-state index contributed by atoms with van der Waals surface area (Å²) in [7, 11) is 0. The average Bonchev–Trinajstić information content (AvgIpc) is 3.36. The van der Waals surface area contributed by atoms with Crippen LogP contribution in [0, 0.1) is 0 Å². The lowest BCUT2D eigenvalue weighted by atomic mass is 9.98. The number of carbonyl (C=O) groups is 2. The monoisotopic (exact) mass is 468 g/mol. The summed E-state index contributed by atoms with van der Waals surface area (Å²) in [4.78, 5) is 33.8. The molecule has 1 N–H and O–H groups in total. The molecule has 2 saturated heterocycles. The van der Waals surface area contributed by atoms with Crippen LogP contribution >= 0.6 is 11.3 Å². The number of nitrogens with one attached hydrogen (secondary N) is 1. The van der Waals surface area contributed by atoms with Crippen molar-refractivity contribution in [2.75, 3.05) is 43.0 Å². The van der Waals surface area contributed by atoms with Crippen molar-refractivity contribution < 1.29 is 14.3 Å². The molecule has 2 amide bonds. The second-order valence-corrected chi connectivity index (χ2v) is 9.43. The molecule has 33 heavy (non-hydrogen) atoms. The molecule has 3 heterocycles. The van der Waals surface area contributed by atoms with Gasteiger partial charge in [0.25, 0.3) is 5.91 Å². The average molecular weight is 469 g/mol. The van der Waals surface area contributed by atoms with Gasteiger partial charge in [-0.2, -0.15) is 0 Å². The number of carbonyl (C=O) groups excluding carboxylic acids is 2. The van der Waals surface area contributed by atoms with Crippen LogP contribution in [0.1, 0.15) is 59.9 Å². The number of aromatic nitrogens is 1. The molecular formula is C25H32N4O3S. The fourth-order valence-corrected chi connectivity index (χ4v) is 5.36. The van der Waals surface area contributed by atoms with Gasteiger partial charge in [-0.05, 0) is 50.7 Å². The Hall–Kier alpha value is -2.87. The van der Waals surface area contributed by atoms with Gasteiger partial charge in [0.2, 0.25) is 0 Å². The van der Waals surface area contributed by atoms with Gasteiger partial charge >= 0.3 is 6.09 Å². The second kappa shape index (κ2) is 11.3. The number of likely N-dealkylation sites (tertiary alicyclic amines) is 1. The summed E-state index contributed by atoms with van der Waals surface area (Å²) in [5, 5.41) is 5.87. The van der Waals surface area contributed by atoms with Crippen LogP contribution in [0.4, 0.5) is 16.2 Å². The summed E-state index contributed by atoms with van der Waals surface area (Å²) >= 11 is 1.53. The predicted molar refractivity (Wildman–Crippen MR) is 132 cm³/mol. The number of anilines is 2. The number of piperidine rings is 2. The molecule has 1 aromatic carbocycles. The fraction of sp³-hybridized carbons (Fsp3) is 0.480. The van der Waals surface area contributed by atoms with Gasteiger partial charge in [0, 0.05) is 37.5 Å². The number of benzene rings is 1. The van der Waals surface area contributed by atoms with Gasteiger partial charge in [-0.25, -0.2) is 9.78 Å². The molecule has 0 atom stereocenters. The molecule has 7 nitrogen and oxygen atoms in total. The SMILES string of the molecule is C=CCCOC(=O)N1CCC(c2nc(C(=O)Nc3ccccc3N3CCCCC3)cs2)CC1. The Morgan fingerprint density at radius 3 is 2.67 bits per heavy atom. The van der Waals surface area contributed by atoms with Crippen molar-refractivity contribution in [2.45, 2.75) is 44.4 Å². The summed E-state index contributed by atoms with van der Waals surface area (Å²) in [6, 6.07) is 8.00. The number of ether oxygens (including phenoxy) is 1. The van der Waals surface area contributed by atoms with Crippen LogP contribution in [0.5, 0.6) is 0 Å². The number of para-hydroxylation sites is 2. The Morgan fingerprint density at radius 1 is 1.15 bits per heavy atom. The maximum Gasteiger partial charge on any atom is 0.409 e. The van der Waals surface area contributed by atoms with E-state index in [0.717, 1.165) is 42.3 Å². The molecule has 0 spiro atoms. The minimum Gasteiger partial charge on any atom is -0.449 e. The van der Waals surface area contributed by atoms with Crippen molar-refractivity contribution in [1.29, 1.82) is 0 Å². The summed E-state index contributed by atoms with van der Waals surface area (Å²) in [6.45, 7) is 7.33. The number of hydrogen-bond acceptors (Lipinski definition) is 6. The zero-order valence-electron chi connectivity index (χ0n) is 19.0. The van der Waals surface area contributed by atoms with Crippen molar-refractivity contribution in [3.8, 4) is 0 Å². The van der Waals surface area contributed by atoms with Crippen molar-refractivity contribution in [1.82, 2.24) is 9.88 Å². The standard InChI is InChI=1S/C25H32N4O3S/c1-2-3-17-32-25(31)29-15-11-19(12-16-29)24-27-21(18-33-24)23(30)26-20-9-5-6-10-22(20)28-13-7-4-8-14-28/h2,5-6,9-10,18-19H,1,3-4,7-8,11-17H2,(H,26,30). The predicted octanol–water partition coefficient (Wildman–Crippen LogP) is 5.28. The highest BCUT2D eigenvalue weighted by Gasteiger charge is 2.27. The van der Waals surface area contributed by atoms with Crippen LogP contribution in [0.25, 0.3) is 0 Å². The minimum atomic E-state index is -0.262. The van der Waals surface area contributed by atoms with E-state index in [-0.39, 0.29) is 17.9 Å². The number of nitrogens with zero attached hydrogens (tertiary/aromatic N) is 3. The molecule has 0 aliphatic carbocycles. The molecule has 176 valence electrons. The number of amides is 2. The summed E-state index contributed by atoms with van der Waals surface area (Å²) in [5.74, 6) is 0.0830. The van der Waals surface area contributed by atoms with Gasteiger partial charge < -0.3 is 19.9 Å². The first-order chi connectivity index (χ1) is 16.2. The highest BCUT2D eigenvalue weighted by Crippen LogP contribution is 2.32. The quantitative estimate of drug-likeness (QED) is 0.442. The number of thiazole rings is 1. The van der Waals surface area contributed by atoms with Crippen molar-refractivity contribution in [3.05, 3.63) is 53.0 Å². The van der Waals surface area contributed by atoms with Gasteiger partial charge in [0.05, 0.1) is 23.0 Å². The second-order valence-electron chi connectivity index (χ2n) is 8.54. The molecule has 4 rings (SSSR count). The first-order valence-electron chi connectivity index (χ1n) is 11.8. The first kappa shape index (κ1) is 23.3. The highest BCUT2D eigenvalue weighted by molar-refractivity contribution is 7.10. The van der Waals surface area contributed by atoms with Gasteiger partial charge in [-0.1, -0.05) is 18.2 Å². The molecule has 0 saturated carbocycles. The van der Waals surface area contributed by atoms with E-state index >= 15 is 0 Å². The third-order valence-electron chi connectivity index (χ3n) is 6.25. The molecule has 2 aliphatic heterocycles. The Balaban J connectivity index is 1.33. The molecule has 1 aromatic heterocycles. The molecule has 2 aromatic rings. The Labute approximate surface area is 199 Å². The lowest BCUT2D eigenvalue weighted by Crippen LogP contribution is -2.38. The first-order valence-corrected chi connectivity index (χ1v) is 12.7. The molecule has 0 bridgehead atoms. The van der Waals surface area contributed by atoms with Gasteiger partial charge in [-0.3, -0.25) is 4.79 Å². The normalized spacial score (nSPS) is 17.0. The molecule has 2 aliphatic rings. The van der Waals surface area contributed by atoms with Crippen molar-refractivity contribution >= 4 is 34.7 Å². The zero-order valence-corrected chi connectivity index (χ0v) is 19.8. The van der Waals surface area contributed by atoms with Gasteiger partial charge in [-0.15, -0.1) is 17.9 Å². The third kappa shape index (κ3) is 5.93. The van der Waals surface area contributed by atoms with E-state index in [2.05, 4.69) is 27.8 Å². The molecule has 8 heteroatoms. The molecule has 2 fully saturated rings. The van der Waals surface area contributed by atoms with E-state index in [4.69, 9.17) is 4.74 Å². The van der Waals surface area contributed by atoms with Crippen LogP contribution < -0.4 is 10.2 Å². The van der Waals surface area contributed by atoms with Crippen LogP contribution in [0.2, 0.25) is 0 Å². The van der Waals surface area contributed by atoms with Crippen LogP contribution in [0.15, 0.2) is 42.3 Å². The third-order valence-corrected chi connectivity index (χ3v) is 7.26. The molecule has 0 unspecified atom stereocenters. The van der Waals surface area contributed by atoms with E-state index in [9.17, 15) is 9.59 Å². The minimum absolute atomic E-state index is 0.176. The van der Waals surface area contributed by atoms with Crippen LogP contribution in [-0.2, 0) is 4.74 Å². The maximum absolute atomic E-state index is 12.9. The Kier molecular flexibility index (Phi) is 7.99. The highest BCUT2D eigenvalue weighted by atomic mass is 32.1. The van der Waals surface area contributed by atoms with Gasteiger partial charge in [0.1, 0.15) is 5.69 Å². The van der Waals surface area contributed by atoms with E-state index in [1.165, 1.54) is 30.6 Å². The molecule has 0 radical (unpaired) electrons. The summed E-state index contributed by atoms with van der Waals surface area (Å²) < 4.78 is 5.25. The molecular weight excluding hydrogens is 436 g/mol. The zero-order chi connectivity index (χ0) is 23.0. The van der Waals surface area contributed by atoms with Crippen LogP contribution in [0.3, 0.4) is 0 Å². The van der Waals surface area contributed by atoms with Gasteiger partial charge in [0.15, 0.2) is 0 Å². The van der Waals surface area contributed by atoms with E-state index < -0.39 is 0 Å². The van der Waals surface area contributed by atoms with Crippen molar-refractivity contribution in [3.63, 3.8) is 0 Å². The van der Waals surface area contributed by atoms with E-state index in [1.807, 2.05) is 23.6 Å². The lowest BCUT2D eigenvalue weighted by Gasteiger charge is -2.30. The topological polar surface area (TPSA) is 74.8 Å². The Bertz CT molecular complexity index is 962. The maximum atomic E-state index is 12.9. The smallest absolute Gasteiger partial charge is 0.409 e. The number of hydrogen-bond donors (Lipinski definition) is 1. The fourth-order valence-electron chi connectivity index (χ4n) is 4.39. The largest absolute Gasteiger partial charge is 0.449 e. The summed E-state index contributed by atoms with van der Waals surface area (Å²) in [5.41, 5.74) is 2.37. The number of rotatable bonds is 7. The summed E-state index contributed by atoms with van der Waals surface area (Å²) in [6.07, 6.45) is 7.42.